The van der Waals surface area contributed by atoms with Gasteiger partial charge in [-0.15, -0.1) is 0 Å². The standard InChI is InChI=1S/C7H9NO/c1-2-5-6(8)3-4-7(5)9/h2,8H,3-4H2,1H3/b5-2+,8-6?. The molecule has 1 saturated carbocycles. The zero-order valence-corrected chi connectivity index (χ0v) is 5.40. The summed E-state index contributed by atoms with van der Waals surface area (Å²) in [5.41, 5.74) is 1.12. The fourth-order valence-corrected chi connectivity index (χ4v) is 1.01. The Morgan fingerprint density at radius 3 is 2.44 bits per heavy atom. The van der Waals surface area contributed by atoms with Gasteiger partial charge in [0, 0.05) is 17.7 Å². The molecule has 0 unspecified atom stereocenters. The van der Waals surface area contributed by atoms with E-state index < -0.39 is 0 Å². The fraction of sp³-hybridized carbons (Fsp3) is 0.429. The SMILES string of the molecule is C/C=C1\C(=N)CCC1=O. The lowest BCUT2D eigenvalue weighted by Crippen LogP contribution is -1.96. The molecule has 0 saturated heterocycles. The molecule has 2 heteroatoms. The molecule has 0 heterocycles. The van der Waals surface area contributed by atoms with E-state index in [4.69, 9.17) is 5.41 Å². The lowest BCUT2D eigenvalue weighted by Gasteiger charge is -1.88. The molecule has 0 bridgehead atoms. The number of Topliss-reactive ketones (excluding diaryl/α,β-unsaturated/α-hetero) is 1. The molecule has 0 atom stereocenters. The van der Waals surface area contributed by atoms with E-state index in [9.17, 15) is 4.79 Å². The summed E-state index contributed by atoms with van der Waals surface area (Å²) in [5.74, 6) is 0.127. The van der Waals surface area contributed by atoms with Crippen molar-refractivity contribution in [3.05, 3.63) is 11.6 Å². The molecular formula is C7H9NO. The van der Waals surface area contributed by atoms with Crippen LogP contribution < -0.4 is 0 Å². The van der Waals surface area contributed by atoms with E-state index in [1.54, 1.807) is 13.0 Å². The molecule has 0 aromatic carbocycles. The molecule has 1 fully saturated rings. The van der Waals surface area contributed by atoms with Crippen LogP contribution in [0.15, 0.2) is 11.6 Å². The molecule has 0 aliphatic heterocycles. The number of allylic oxidation sites excluding steroid dienone is 2. The second-order valence-electron chi connectivity index (χ2n) is 2.10. The summed E-state index contributed by atoms with van der Waals surface area (Å²) in [6.45, 7) is 1.80. The number of ketones is 1. The summed E-state index contributed by atoms with van der Waals surface area (Å²) in [6, 6.07) is 0. The van der Waals surface area contributed by atoms with E-state index in [1.165, 1.54) is 0 Å². The minimum Gasteiger partial charge on any atom is -0.305 e. The zero-order valence-electron chi connectivity index (χ0n) is 5.40. The number of hydrogen-bond acceptors (Lipinski definition) is 2. The Hall–Kier alpha value is -0.920. The number of carbonyl (C=O) groups is 1. The second kappa shape index (κ2) is 2.13. The van der Waals surface area contributed by atoms with Gasteiger partial charge >= 0.3 is 0 Å². The number of rotatable bonds is 0. The number of hydrogen-bond donors (Lipinski definition) is 1. The van der Waals surface area contributed by atoms with Gasteiger partial charge in [0.2, 0.25) is 0 Å². The maximum absolute atomic E-state index is 10.8. The van der Waals surface area contributed by atoms with Crippen LogP contribution in [0.2, 0.25) is 0 Å². The Morgan fingerprint density at radius 1 is 1.56 bits per heavy atom. The molecule has 48 valence electrons. The monoisotopic (exact) mass is 123 g/mol. The highest BCUT2D eigenvalue weighted by Gasteiger charge is 2.20. The maximum atomic E-state index is 10.8. The molecule has 1 rings (SSSR count). The van der Waals surface area contributed by atoms with Crippen LogP contribution in [-0.4, -0.2) is 11.5 Å². The molecule has 1 aliphatic carbocycles. The molecule has 0 radical (unpaired) electrons. The predicted molar refractivity (Wildman–Crippen MR) is 35.7 cm³/mol. The average Bonchev–Trinajstić information content (AvgIpc) is 2.12. The van der Waals surface area contributed by atoms with E-state index in [-0.39, 0.29) is 5.78 Å². The Kier molecular flexibility index (Phi) is 1.47. The second-order valence-corrected chi connectivity index (χ2v) is 2.10. The van der Waals surface area contributed by atoms with Crippen molar-refractivity contribution in [2.45, 2.75) is 19.8 Å². The first-order chi connectivity index (χ1) is 4.25. The zero-order chi connectivity index (χ0) is 6.85. The molecule has 2 nitrogen and oxygen atoms in total. The van der Waals surface area contributed by atoms with E-state index in [0.717, 1.165) is 0 Å². The van der Waals surface area contributed by atoms with Crippen LogP contribution in [0.3, 0.4) is 0 Å². The Labute approximate surface area is 54.1 Å². The summed E-state index contributed by atoms with van der Waals surface area (Å²) in [4.78, 5) is 10.8. The third-order valence-electron chi connectivity index (χ3n) is 1.52. The molecule has 1 aliphatic rings. The van der Waals surface area contributed by atoms with Crippen LogP contribution in [0, 0.1) is 5.41 Å². The molecule has 0 amide bonds. The summed E-state index contributed by atoms with van der Waals surface area (Å²) < 4.78 is 0. The van der Waals surface area contributed by atoms with Gasteiger partial charge in [-0.1, -0.05) is 6.08 Å². The van der Waals surface area contributed by atoms with Crippen molar-refractivity contribution in [3.8, 4) is 0 Å². The van der Waals surface area contributed by atoms with Crippen LogP contribution in [0.5, 0.6) is 0 Å². The average molecular weight is 123 g/mol. The highest BCUT2D eigenvalue weighted by atomic mass is 16.1. The van der Waals surface area contributed by atoms with Crippen LogP contribution in [0.1, 0.15) is 19.8 Å². The van der Waals surface area contributed by atoms with Gasteiger partial charge in [-0.05, 0) is 13.3 Å². The topological polar surface area (TPSA) is 40.9 Å². The Balaban J connectivity index is 2.91. The highest BCUT2D eigenvalue weighted by molar-refractivity contribution is 6.26. The molecule has 1 N–H and O–H groups in total. The largest absolute Gasteiger partial charge is 0.305 e. The summed E-state index contributed by atoms with van der Waals surface area (Å²) >= 11 is 0. The van der Waals surface area contributed by atoms with E-state index >= 15 is 0 Å². The van der Waals surface area contributed by atoms with Crippen LogP contribution in [0.25, 0.3) is 0 Å². The normalized spacial score (nSPS) is 23.9. The van der Waals surface area contributed by atoms with Crippen molar-refractivity contribution >= 4 is 11.5 Å². The first kappa shape index (κ1) is 6.20. The van der Waals surface area contributed by atoms with Crippen molar-refractivity contribution in [3.63, 3.8) is 0 Å². The maximum Gasteiger partial charge on any atom is 0.164 e. The van der Waals surface area contributed by atoms with E-state index in [1.807, 2.05) is 0 Å². The van der Waals surface area contributed by atoms with Crippen molar-refractivity contribution < 1.29 is 4.79 Å². The van der Waals surface area contributed by atoms with Crippen molar-refractivity contribution in [1.82, 2.24) is 0 Å². The Morgan fingerprint density at radius 2 is 2.22 bits per heavy atom. The molecule has 9 heavy (non-hydrogen) atoms. The van der Waals surface area contributed by atoms with Gasteiger partial charge in [-0.25, -0.2) is 0 Å². The quantitative estimate of drug-likeness (QED) is 0.485. The van der Waals surface area contributed by atoms with Crippen LogP contribution in [-0.2, 0) is 4.79 Å². The van der Waals surface area contributed by atoms with Gasteiger partial charge in [0.25, 0.3) is 0 Å². The summed E-state index contributed by atoms with van der Waals surface area (Å²) in [6.07, 6.45) is 2.90. The fourth-order valence-electron chi connectivity index (χ4n) is 1.01. The number of nitrogens with one attached hydrogen (secondary N) is 1. The van der Waals surface area contributed by atoms with Crippen LogP contribution >= 0.6 is 0 Å². The lowest BCUT2D eigenvalue weighted by atomic mass is 10.2. The van der Waals surface area contributed by atoms with Crippen LogP contribution in [0.4, 0.5) is 0 Å². The van der Waals surface area contributed by atoms with Gasteiger partial charge in [0.05, 0.1) is 0 Å². The summed E-state index contributed by atoms with van der Waals surface area (Å²) in [7, 11) is 0. The van der Waals surface area contributed by atoms with Gasteiger partial charge in [-0.3, -0.25) is 4.79 Å². The van der Waals surface area contributed by atoms with Gasteiger partial charge in [0.1, 0.15) is 0 Å². The van der Waals surface area contributed by atoms with Gasteiger partial charge in [-0.2, -0.15) is 0 Å². The van der Waals surface area contributed by atoms with E-state index in [2.05, 4.69) is 0 Å². The lowest BCUT2D eigenvalue weighted by molar-refractivity contribution is -0.114. The van der Waals surface area contributed by atoms with Gasteiger partial charge in [0.15, 0.2) is 5.78 Å². The minimum atomic E-state index is 0.127. The first-order valence-corrected chi connectivity index (χ1v) is 3.03. The first-order valence-electron chi connectivity index (χ1n) is 3.03. The number of carbonyl (C=O) groups excluding carboxylic acids is 1. The highest BCUT2D eigenvalue weighted by Crippen LogP contribution is 2.15. The molecule has 0 aromatic rings. The third-order valence-corrected chi connectivity index (χ3v) is 1.52. The van der Waals surface area contributed by atoms with Crippen molar-refractivity contribution in [2.75, 3.05) is 0 Å². The van der Waals surface area contributed by atoms with Crippen molar-refractivity contribution in [1.29, 1.82) is 5.41 Å². The van der Waals surface area contributed by atoms with Gasteiger partial charge < -0.3 is 5.41 Å². The Bertz CT molecular complexity index is 173. The third kappa shape index (κ3) is 0.922. The summed E-state index contributed by atoms with van der Waals surface area (Å²) in [5, 5.41) is 7.25. The predicted octanol–water partition coefficient (Wildman–Crippen LogP) is 1.32. The molecule has 0 aromatic heterocycles. The smallest absolute Gasteiger partial charge is 0.164 e. The van der Waals surface area contributed by atoms with E-state index in [0.29, 0.717) is 24.1 Å². The molecular weight excluding hydrogens is 114 g/mol. The minimum absolute atomic E-state index is 0.127. The van der Waals surface area contributed by atoms with Crippen molar-refractivity contribution in [2.24, 2.45) is 0 Å². The molecule has 0 spiro atoms.